The zero-order valence-corrected chi connectivity index (χ0v) is 13.4. The fraction of sp³-hybridized carbons (Fsp3) is 0.294. The number of hydrogen-bond acceptors (Lipinski definition) is 4. The molecule has 4 nitrogen and oxygen atoms in total. The monoisotopic (exact) mass is 314 g/mol. The van der Waals surface area contributed by atoms with Crippen molar-refractivity contribution in [2.75, 3.05) is 7.11 Å². The lowest BCUT2D eigenvalue weighted by molar-refractivity contribution is -0.130. The van der Waals surface area contributed by atoms with E-state index in [9.17, 15) is 4.79 Å². The molecule has 22 heavy (non-hydrogen) atoms. The molecule has 2 atom stereocenters. The lowest BCUT2D eigenvalue weighted by Gasteiger charge is -2.24. The van der Waals surface area contributed by atoms with Gasteiger partial charge in [0.15, 0.2) is 0 Å². The minimum absolute atomic E-state index is 0.0246. The number of pyridine rings is 1. The van der Waals surface area contributed by atoms with E-state index in [1.165, 1.54) is 0 Å². The normalized spacial score (nSPS) is 21.2. The predicted molar refractivity (Wildman–Crippen MR) is 87.6 cm³/mol. The van der Waals surface area contributed by atoms with Crippen molar-refractivity contribution in [3.8, 4) is 5.75 Å². The van der Waals surface area contributed by atoms with Gasteiger partial charge in [-0.1, -0.05) is 18.2 Å². The van der Waals surface area contributed by atoms with Crippen LogP contribution in [0.3, 0.4) is 0 Å². The molecular weight excluding hydrogens is 296 g/mol. The molecular formula is C17H18N2O2S. The zero-order chi connectivity index (χ0) is 15.5. The van der Waals surface area contributed by atoms with E-state index in [0.29, 0.717) is 6.54 Å². The van der Waals surface area contributed by atoms with Crippen LogP contribution in [0.15, 0.2) is 48.8 Å². The van der Waals surface area contributed by atoms with Crippen molar-refractivity contribution in [2.45, 2.75) is 24.1 Å². The molecule has 2 heterocycles. The van der Waals surface area contributed by atoms with Gasteiger partial charge in [0.1, 0.15) is 11.1 Å². The number of methoxy groups -OCH3 is 1. The first-order valence-electron chi connectivity index (χ1n) is 7.18. The predicted octanol–water partition coefficient (Wildman–Crippen LogP) is 3.25. The Morgan fingerprint density at radius 3 is 2.68 bits per heavy atom. The number of thioether (sulfide) groups is 1. The molecule has 2 aromatic rings. The maximum absolute atomic E-state index is 12.5. The lowest BCUT2D eigenvalue weighted by atomic mass is 10.1. The van der Waals surface area contributed by atoms with Gasteiger partial charge in [0.2, 0.25) is 5.91 Å². The summed E-state index contributed by atoms with van der Waals surface area (Å²) in [6.07, 6.45) is 3.59. The number of nitrogens with zero attached hydrogens (tertiary/aromatic N) is 2. The topological polar surface area (TPSA) is 42.4 Å². The van der Waals surface area contributed by atoms with Crippen LogP contribution in [-0.2, 0) is 11.3 Å². The summed E-state index contributed by atoms with van der Waals surface area (Å²) in [5.74, 6) is 0.998. The van der Waals surface area contributed by atoms with E-state index in [0.717, 1.165) is 16.9 Å². The molecule has 0 bridgehead atoms. The average Bonchev–Trinajstić information content (AvgIpc) is 2.85. The summed E-state index contributed by atoms with van der Waals surface area (Å²) in [4.78, 5) is 18.6. The molecule has 3 rings (SSSR count). The van der Waals surface area contributed by atoms with Gasteiger partial charge in [0, 0.05) is 24.5 Å². The third-order valence-corrected chi connectivity index (χ3v) is 5.12. The number of benzene rings is 1. The first kappa shape index (κ1) is 14.9. The van der Waals surface area contributed by atoms with Crippen LogP contribution in [-0.4, -0.2) is 28.2 Å². The molecule has 1 amide bonds. The Balaban J connectivity index is 1.83. The molecule has 0 saturated carbocycles. The highest BCUT2D eigenvalue weighted by Gasteiger charge is 2.38. The molecule has 0 N–H and O–H groups in total. The number of ether oxygens (including phenoxy) is 1. The Hall–Kier alpha value is -2.01. The van der Waals surface area contributed by atoms with Crippen LogP contribution in [0.5, 0.6) is 5.75 Å². The standard InChI is InChI=1S/C17H18N2O2S/c1-12-16(20)19(11-13-5-7-15(21-2)8-6-13)17(22-12)14-4-3-9-18-10-14/h3-10,12,17H,11H2,1-2H3. The Kier molecular flexibility index (Phi) is 4.34. The molecule has 114 valence electrons. The lowest BCUT2D eigenvalue weighted by Crippen LogP contribution is -2.29. The number of rotatable bonds is 4. The van der Waals surface area contributed by atoms with Crippen LogP contribution >= 0.6 is 11.8 Å². The van der Waals surface area contributed by atoms with Crippen LogP contribution < -0.4 is 4.74 Å². The molecule has 5 heteroatoms. The first-order valence-corrected chi connectivity index (χ1v) is 8.12. The fourth-order valence-electron chi connectivity index (χ4n) is 2.54. The second kappa shape index (κ2) is 6.40. The van der Waals surface area contributed by atoms with Gasteiger partial charge in [-0.2, -0.15) is 0 Å². The summed E-state index contributed by atoms with van der Waals surface area (Å²) in [5.41, 5.74) is 2.16. The van der Waals surface area contributed by atoms with Gasteiger partial charge < -0.3 is 9.64 Å². The third kappa shape index (κ3) is 2.95. The Morgan fingerprint density at radius 2 is 2.05 bits per heavy atom. The van der Waals surface area contributed by atoms with Crippen LogP contribution in [0.1, 0.15) is 23.4 Å². The summed E-state index contributed by atoms with van der Waals surface area (Å²) in [6, 6.07) is 11.8. The fourth-order valence-corrected chi connectivity index (χ4v) is 3.80. The molecule has 0 aliphatic carbocycles. The van der Waals surface area contributed by atoms with E-state index in [1.807, 2.05) is 54.4 Å². The molecule has 0 radical (unpaired) electrons. The highest BCUT2D eigenvalue weighted by molar-refractivity contribution is 8.01. The summed E-state index contributed by atoms with van der Waals surface area (Å²) in [6.45, 7) is 2.56. The van der Waals surface area contributed by atoms with E-state index in [-0.39, 0.29) is 16.5 Å². The zero-order valence-electron chi connectivity index (χ0n) is 12.6. The number of aromatic nitrogens is 1. The van der Waals surface area contributed by atoms with E-state index in [2.05, 4.69) is 4.98 Å². The summed E-state index contributed by atoms with van der Waals surface area (Å²) < 4.78 is 5.17. The molecule has 0 spiro atoms. The molecule has 2 unspecified atom stereocenters. The number of hydrogen-bond donors (Lipinski definition) is 0. The maximum Gasteiger partial charge on any atom is 0.236 e. The minimum Gasteiger partial charge on any atom is -0.497 e. The highest BCUT2D eigenvalue weighted by Crippen LogP contribution is 2.43. The van der Waals surface area contributed by atoms with Crippen LogP contribution in [0, 0.1) is 0 Å². The van der Waals surface area contributed by atoms with Crippen molar-refractivity contribution in [1.82, 2.24) is 9.88 Å². The van der Waals surface area contributed by atoms with E-state index < -0.39 is 0 Å². The molecule has 1 aliphatic heterocycles. The summed E-state index contributed by atoms with van der Waals surface area (Å²) >= 11 is 1.67. The van der Waals surface area contributed by atoms with Crippen molar-refractivity contribution in [1.29, 1.82) is 0 Å². The quantitative estimate of drug-likeness (QED) is 0.869. The van der Waals surface area contributed by atoms with Gasteiger partial charge >= 0.3 is 0 Å². The van der Waals surface area contributed by atoms with Crippen molar-refractivity contribution in [2.24, 2.45) is 0 Å². The van der Waals surface area contributed by atoms with Crippen molar-refractivity contribution in [3.63, 3.8) is 0 Å². The van der Waals surface area contributed by atoms with E-state index in [1.54, 1.807) is 25.1 Å². The van der Waals surface area contributed by atoms with Crippen LogP contribution in [0.25, 0.3) is 0 Å². The number of carbonyl (C=O) groups is 1. The van der Waals surface area contributed by atoms with E-state index >= 15 is 0 Å². The van der Waals surface area contributed by atoms with E-state index in [4.69, 9.17) is 4.74 Å². The molecule has 1 saturated heterocycles. The Morgan fingerprint density at radius 1 is 1.27 bits per heavy atom. The van der Waals surface area contributed by atoms with Gasteiger partial charge in [-0.3, -0.25) is 9.78 Å². The molecule has 1 aliphatic rings. The van der Waals surface area contributed by atoms with Crippen molar-refractivity contribution >= 4 is 17.7 Å². The number of carbonyl (C=O) groups excluding carboxylic acids is 1. The number of amides is 1. The Labute approximate surface area is 134 Å². The summed E-state index contributed by atoms with van der Waals surface area (Å²) in [7, 11) is 1.65. The highest BCUT2D eigenvalue weighted by atomic mass is 32.2. The van der Waals surface area contributed by atoms with Gasteiger partial charge in [0.05, 0.1) is 12.4 Å². The molecule has 1 fully saturated rings. The molecule has 1 aromatic heterocycles. The SMILES string of the molecule is COc1ccc(CN2C(=O)C(C)SC2c2cccnc2)cc1. The van der Waals surface area contributed by atoms with Gasteiger partial charge in [0.25, 0.3) is 0 Å². The second-order valence-electron chi connectivity index (χ2n) is 5.23. The largest absolute Gasteiger partial charge is 0.497 e. The second-order valence-corrected chi connectivity index (χ2v) is 6.66. The first-order chi connectivity index (χ1) is 10.7. The van der Waals surface area contributed by atoms with Crippen LogP contribution in [0.2, 0.25) is 0 Å². The average molecular weight is 314 g/mol. The maximum atomic E-state index is 12.5. The van der Waals surface area contributed by atoms with Crippen LogP contribution in [0.4, 0.5) is 0 Å². The van der Waals surface area contributed by atoms with Crippen molar-refractivity contribution in [3.05, 3.63) is 59.9 Å². The summed E-state index contributed by atoms with van der Waals surface area (Å²) in [5, 5.41) is 0.00163. The third-order valence-electron chi connectivity index (χ3n) is 3.73. The smallest absolute Gasteiger partial charge is 0.236 e. The minimum atomic E-state index is -0.0246. The molecule has 1 aromatic carbocycles. The van der Waals surface area contributed by atoms with Gasteiger partial charge in [-0.05, 0) is 30.7 Å². The Bertz CT molecular complexity index is 645. The van der Waals surface area contributed by atoms with Crippen molar-refractivity contribution < 1.29 is 9.53 Å². The van der Waals surface area contributed by atoms with Gasteiger partial charge in [-0.25, -0.2) is 0 Å². The van der Waals surface area contributed by atoms with Gasteiger partial charge in [-0.15, -0.1) is 11.8 Å².